The molecule has 1 aromatic heterocycles. The zero-order valence-corrected chi connectivity index (χ0v) is 16.7. The third-order valence-electron chi connectivity index (χ3n) is 3.60. The molecule has 0 radical (unpaired) electrons. The molecule has 0 unspecified atom stereocenters. The number of amides is 1. The van der Waals surface area contributed by atoms with Crippen molar-refractivity contribution < 1.29 is 14.3 Å². The summed E-state index contributed by atoms with van der Waals surface area (Å²) in [7, 11) is 1.59. The van der Waals surface area contributed by atoms with E-state index >= 15 is 0 Å². The lowest BCUT2D eigenvalue weighted by Crippen LogP contribution is -2.29. The monoisotopic (exact) mass is 401 g/mol. The number of carbonyl (C=O) groups excluding carboxylic acids is 1. The SMILES string of the molecule is C=CCN1C(=O)/C(=C/c2ccc(OCC)c(OC)c2)S/C1=N/c1nccs1. The largest absolute Gasteiger partial charge is 0.493 e. The highest BCUT2D eigenvalue weighted by Crippen LogP contribution is 2.36. The van der Waals surface area contributed by atoms with Crippen LogP contribution in [0, 0.1) is 0 Å². The predicted molar refractivity (Wildman–Crippen MR) is 111 cm³/mol. The number of thioether (sulfide) groups is 1. The molecule has 1 amide bonds. The molecule has 0 aliphatic carbocycles. The number of aromatic nitrogens is 1. The van der Waals surface area contributed by atoms with Crippen molar-refractivity contribution >= 4 is 45.4 Å². The van der Waals surface area contributed by atoms with Crippen LogP contribution < -0.4 is 9.47 Å². The Bertz CT molecular complexity index is 892. The number of rotatable bonds is 7. The Balaban J connectivity index is 1.92. The van der Waals surface area contributed by atoms with Crippen LogP contribution in [-0.4, -0.2) is 41.2 Å². The standard InChI is InChI=1S/C19H19N3O3S2/c1-4-9-22-17(23)16(27-19(22)21-18-20-8-10-26-18)12-13-6-7-14(25-5-2)15(11-13)24-3/h4,6-8,10-12H,1,5,9H2,2-3H3/b16-12-,21-19+. The van der Waals surface area contributed by atoms with E-state index in [4.69, 9.17) is 9.47 Å². The average molecular weight is 402 g/mol. The average Bonchev–Trinajstić information content (AvgIpc) is 3.27. The second-order valence-corrected chi connectivity index (χ2v) is 7.25. The van der Waals surface area contributed by atoms with Crippen LogP contribution in [0.15, 0.2) is 52.3 Å². The molecule has 0 spiro atoms. The van der Waals surface area contributed by atoms with Crippen LogP contribution in [0.5, 0.6) is 11.5 Å². The molecule has 2 heterocycles. The molecule has 0 N–H and O–H groups in total. The Morgan fingerprint density at radius 1 is 1.37 bits per heavy atom. The molecule has 27 heavy (non-hydrogen) atoms. The normalized spacial score (nSPS) is 17.0. The van der Waals surface area contributed by atoms with Gasteiger partial charge >= 0.3 is 0 Å². The maximum atomic E-state index is 12.8. The summed E-state index contributed by atoms with van der Waals surface area (Å²) in [4.78, 5) is 23.6. The molecule has 8 heteroatoms. The van der Waals surface area contributed by atoms with Crippen molar-refractivity contribution in [1.29, 1.82) is 0 Å². The summed E-state index contributed by atoms with van der Waals surface area (Å²) in [6, 6.07) is 5.58. The minimum absolute atomic E-state index is 0.108. The van der Waals surface area contributed by atoms with Gasteiger partial charge in [0.1, 0.15) is 0 Å². The summed E-state index contributed by atoms with van der Waals surface area (Å²) in [6.45, 7) is 6.59. The predicted octanol–water partition coefficient (Wildman–Crippen LogP) is 4.34. The number of benzene rings is 1. The fourth-order valence-electron chi connectivity index (χ4n) is 2.43. The fraction of sp³-hybridized carbons (Fsp3) is 0.211. The number of hydrogen-bond donors (Lipinski definition) is 0. The number of aliphatic imine (C=N–C) groups is 1. The number of thiazole rings is 1. The summed E-state index contributed by atoms with van der Waals surface area (Å²) in [5.74, 6) is 1.19. The lowest BCUT2D eigenvalue weighted by atomic mass is 10.2. The van der Waals surface area contributed by atoms with Crippen molar-refractivity contribution in [3.05, 3.63) is 52.9 Å². The second kappa shape index (κ2) is 8.88. The molecule has 6 nitrogen and oxygen atoms in total. The maximum Gasteiger partial charge on any atom is 0.267 e. The van der Waals surface area contributed by atoms with Crippen LogP contribution in [0.3, 0.4) is 0 Å². The van der Waals surface area contributed by atoms with Gasteiger partial charge in [0, 0.05) is 18.1 Å². The Hall–Kier alpha value is -2.58. The molecular formula is C19H19N3O3S2. The highest BCUT2D eigenvalue weighted by molar-refractivity contribution is 8.18. The Morgan fingerprint density at radius 2 is 2.22 bits per heavy atom. The zero-order chi connectivity index (χ0) is 19.2. The van der Waals surface area contributed by atoms with E-state index in [1.165, 1.54) is 23.1 Å². The van der Waals surface area contributed by atoms with Crippen LogP contribution >= 0.6 is 23.1 Å². The minimum atomic E-state index is -0.108. The van der Waals surface area contributed by atoms with Gasteiger partial charge in [-0.2, -0.15) is 4.99 Å². The quantitative estimate of drug-likeness (QED) is 0.510. The molecule has 0 atom stereocenters. The highest BCUT2D eigenvalue weighted by Gasteiger charge is 2.32. The van der Waals surface area contributed by atoms with Gasteiger partial charge in [-0.3, -0.25) is 9.69 Å². The fourth-order valence-corrected chi connectivity index (χ4v) is 3.99. The van der Waals surface area contributed by atoms with E-state index < -0.39 is 0 Å². The van der Waals surface area contributed by atoms with Crippen molar-refractivity contribution in [3.63, 3.8) is 0 Å². The summed E-state index contributed by atoms with van der Waals surface area (Å²) in [5.41, 5.74) is 0.847. The van der Waals surface area contributed by atoms with E-state index in [9.17, 15) is 4.79 Å². The van der Waals surface area contributed by atoms with Crippen molar-refractivity contribution in [2.24, 2.45) is 4.99 Å². The van der Waals surface area contributed by atoms with Gasteiger partial charge in [0.05, 0.1) is 18.6 Å². The molecule has 1 aliphatic heterocycles. The molecule has 1 saturated heterocycles. The molecule has 1 aliphatic rings. The van der Waals surface area contributed by atoms with Crippen LogP contribution in [0.2, 0.25) is 0 Å². The third kappa shape index (κ3) is 4.40. The lowest BCUT2D eigenvalue weighted by Gasteiger charge is -2.11. The highest BCUT2D eigenvalue weighted by atomic mass is 32.2. The summed E-state index contributed by atoms with van der Waals surface area (Å²) < 4.78 is 10.9. The van der Waals surface area contributed by atoms with Gasteiger partial charge in [-0.05, 0) is 42.5 Å². The van der Waals surface area contributed by atoms with Crippen LogP contribution in [-0.2, 0) is 4.79 Å². The van der Waals surface area contributed by atoms with Crippen LogP contribution in [0.25, 0.3) is 6.08 Å². The third-order valence-corrected chi connectivity index (χ3v) is 5.27. The maximum absolute atomic E-state index is 12.8. The topological polar surface area (TPSA) is 64.0 Å². The molecular weight excluding hydrogens is 382 g/mol. The minimum Gasteiger partial charge on any atom is -0.493 e. The molecule has 1 fully saturated rings. The summed E-state index contributed by atoms with van der Waals surface area (Å²) >= 11 is 2.74. The number of nitrogens with zero attached hydrogens (tertiary/aromatic N) is 3. The molecule has 2 aromatic rings. The molecule has 3 rings (SSSR count). The van der Waals surface area contributed by atoms with Gasteiger partial charge in [-0.25, -0.2) is 4.98 Å². The van der Waals surface area contributed by atoms with Gasteiger partial charge in [0.2, 0.25) is 5.13 Å². The van der Waals surface area contributed by atoms with E-state index in [0.717, 1.165) is 5.56 Å². The van der Waals surface area contributed by atoms with Gasteiger partial charge < -0.3 is 9.47 Å². The zero-order valence-electron chi connectivity index (χ0n) is 15.0. The molecule has 140 valence electrons. The second-order valence-electron chi connectivity index (χ2n) is 5.37. The van der Waals surface area contributed by atoms with E-state index in [-0.39, 0.29) is 5.91 Å². The molecule has 1 aromatic carbocycles. The van der Waals surface area contributed by atoms with Gasteiger partial charge in [0.15, 0.2) is 16.7 Å². The van der Waals surface area contributed by atoms with Crippen molar-refractivity contribution in [3.8, 4) is 11.5 Å². The van der Waals surface area contributed by atoms with E-state index in [2.05, 4.69) is 16.6 Å². The van der Waals surface area contributed by atoms with E-state index in [1.807, 2.05) is 36.6 Å². The molecule has 0 bridgehead atoms. The number of carbonyl (C=O) groups is 1. The first kappa shape index (κ1) is 19.2. The number of amidine groups is 1. The van der Waals surface area contributed by atoms with Crippen molar-refractivity contribution in [2.75, 3.05) is 20.3 Å². The smallest absolute Gasteiger partial charge is 0.267 e. The Morgan fingerprint density at radius 3 is 2.89 bits per heavy atom. The first-order valence-electron chi connectivity index (χ1n) is 8.27. The Kier molecular flexibility index (Phi) is 6.31. The Labute approximate surface area is 166 Å². The number of hydrogen-bond acceptors (Lipinski definition) is 7. The van der Waals surface area contributed by atoms with Gasteiger partial charge in [-0.15, -0.1) is 17.9 Å². The van der Waals surface area contributed by atoms with Crippen molar-refractivity contribution in [1.82, 2.24) is 9.88 Å². The van der Waals surface area contributed by atoms with Gasteiger partial charge in [0.25, 0.3) is 5.91 Å². The summed E-state index contributed by atoms with van der Waals surface area (Å²) in [5, 5.41) is 3.06. The first-order chi connectivity index (χ1) is 13.2. The first-order valence-corrected chi connectivity index (χ1v) is 9.97. The van der Waals surface area contributed by atoms with Gasteiger partial charge in [-0.1, -0.05) is 12.1 Å². The van der Waals surface area contributed by atoms with Crippen LogP contribution in [0.4, 0.5) is 5.13 Å². The van der Waals surface area contributed by atoms with E-state index in [0.29, 0.717) is 39.9 Å². The van der Waals surface area contributed by atoms with E-state index in [1.54, 1.807) is 24.3 Å². The summed E-state index contributed by atoms with van der Waals surface area (Å²) in [6.07, 6.45) is 5.19. The number of methoxy groups -OCH3 is 1. The molecule has 0 saturated carbocycles. The van der Waals surface area contributed by atoms with Crippen LogP contribution in [0.1, 0.15) is 12.5 Å². The van der Waals surface area contributed by atoms with Crippen molar-refractivity contribution in [2.45, 2.75) is 6.92 Å². The number of ether oxygens (including phenoxy) is 2. The lowest BCUT2D eigenvalue weighted by molar-refractivity contribution is -0.121.